The smallest absolute Gasteiger partial charge is 0.162 e. The molecule has 3 rings (SSSR count). The fraction of sp³-hybridized carbons (Fsp3) is 0.714. The zero-order chi connectivity index (χ0) is 13.3. The first-order valence-corrected chi connectivity index (χ1v) is 8.21. The van der Waals surface area contributed by atoms with E-state index in [9.17, 15) is 0 Å². The minimum absolute atomic E-state index is 0.217. The summed E-state index contributed by atoms with van der Waals surface area (Å²) >= 11 is 1.92. The van der Waals surface area contributed by atoms with Crippen molar-refractivity contribution in [3.8, 4) is 0 Å². The second kappa shape index (κ2) is 5.29. The van der Waals surface area contributed by atoms with Crippen molar-refractivity contribution < 1.29 is 4.74 Å². The average Bonchev–Trinajstić information content (AvgIpc) is 2.83. The topological polar surface area (TPSA) is 47.0 Å². The highest BCUT2D eigenvalue weighted by molar-refractivity contribution is 7.98. The number of aromatic nitrogens is 2. The predicted octanol–water partition coefficient (Wildman–Crippen LogP) is 3.07. The summed E-state index contributed by atoms with van der Waals surface area (Å²) in [5.74, 6) is 3.96. The molecule has 0 saturated heterocycles. The lowest BCUT2D eigenvalue weighted by molar-refractivity contribution is -0.0846. The molecule has 5 heteroatoms. The molecule has 0 spiro atoms. The largest absolute Gasteiger partial charge is 0.370 e. The first-order valence-electron chi connectivity index (χ1n) is 7.06. The third-order valence-corrected chi connectivity index (χ3v) is 5.05. The molecule has 0 radical (unpaired) electrons. The van der Waals surface area contributed by atoms with E-state index in [2.05, 4.69) is 12.2 Å². The Morgan fingerprint density at radius 1 is 1.32 bits per heavy atom. The van der Waals surface area contributed by atoms with E-state index in [4.69, 9.17) is 14.7 Å². The Labute approximate surface area is 118 Å². The van der Waals surface area contributed by atoms with Gasteiger partial charge in [-0.05, 0) is 25.7 Å². The van der Waals surface area contributed by atoms with Crippen LogP contribution < -0.4 is 5.32 Å². The van der Waals surface area contributed by atoms with E-state index in [0.29, 0.717) is 0 Å². The minimum atomic E-state index is -0.217. The Balaban J connectivity index is 1.97. The van der Waals surface area contributed by atoms with Crippen LogP contribution in [-0.2, 0) is 21.8 Å². The Hall–Kier alpha value is -0.810. The van der Waals surface area contributed by atoms with Gasteiger partial charge in [-0.3, -0.25) is 0 Å². The number of fused-ring (bicyclic) bond motifs is 1. The van der Waals surface area contributed by atoms with Crippen molar-refractivity contribution >= 4 is 17.6 Å². The van der Waals surface area contributed by atoms with E-state index < -0.39 is 0 Å². The molecule has 1 aromatic heterocycles. The van der Waals surface area contributed by atoms with Gasteiger partial charge < -0.3 is 10.1 Å². The lowest BCUT2D eigenvalue weighted by Crippen LogP contribution is -2.38. The van der Waals surface area contributed by atoms with Gasteiger partial charge in [0.2, 0.25) is 0 Å². The van der Waals surface area contributed by atoms with E-state index >= 15 is 0 Å². The molecular formula is C14H21N3OS. The van der Waals surface area contributed by atoms with Gasteiger partial charge in [0.05, 0.1) is 5.69 Å². The number of hydrogen-bond donors (Lipinski definition) is 1. The quantitative estimate of drug-likeness (QED) is 0.897. The number of nitrogens with one attached hydrogen (secondary N) is 1. The number of hydrogen-bond acceptors (Lipinski definition) is 5. The number of thioether (sulfide) groups is 1. The summed E-state index contributed by atoms with van der Waals surface area (Å²) in [6, 6.07) is 0. The molecular weight excluding hydrogens is 258 g/mol. The highest BCUT2D eigenvalue weighted by Gasteiger charge is 2.42. The lowest BCUT2D eigenvalue weighted by atomic mass is 9.79. The lowest BCUT2D eigenvalue weighted by Gasteiger charge is -2.39. The molecule has 0 atom stereocenters. The van der Waals surface area contributed by atoms with Crippen molar-refractivity contribution in [2.45, 2.75) is 49.7 Å². The molecule has 0 amide bonds. The van der Waals surface area contributed by atoms with E-state index in [1.807, 2.05) is 11.8 Å². The highest BCUT2D eigenvalue weighted by atomic mass is 32.2. The zero-order valence-corrected chi connectivity index (χ0v) is 12.5. The molecule has 19 heavy (non-hydrogen) atoms. The molecule has 1 aromatic rings. The van der Waals surface area contributed by atoms with Crippen molar-refractivity contribution in [3.05, 3.63) is 17.1 Å². The monoisotopic (exact) mass is 279 g/mol. The fourth-order valence-electron chi connectivity index (χ4n) is 2.66. The molecule has 1 saturated carbocycles. The molecule has 2 aliphatic rings. The van der Waals surface area contributed by atoms with Crippen LogP contribution in [0.15, 0.2) is 0 Å². The van der Waals surface area contributed by atoms with Crippen LogP contribution in [-0.4, -0.2) is 23.6 Å². The molecule has 0 bridgehead atoms. The van der Waals surface area contributed by atoms with Crippen molar-refractivity contribution in [1.29, 1.82) is 0 Å². The first-order chi connectivity index (χ1) is 9.29. The third kappa shape index (κ3) is 2.23. The SMILES string of the molecule is CCCNc1nc(C2(OC)CCC2)nc2c1CSC2. The van der Waals surface area contributed by atoms with Gasteiger partial charge in [-0.15, -0.1) is 0 Å². The van der Waals surface area contributed by atoms with Crippen LogP contribution in [0.2, 0.25) is 0 Å². The second-order valence-electron chi connectivity index (χ2n) is 5.29. The normalized spacial score (nSPS) is 19.9. The highest BCUT2D eigenvalue weighted by Crippen LogP contribution is 2.44. The van der Waals surface area contributed by atoms with Gasteiger partial charge in [0.1, 0.15) is 11.4 Å². The van der Waals surface area contributed by atoms with Gasteiger partial charge in [0, 0.05) is 30.7 Å². The zero-order valence-electron chi connectivity index (χ0n) is 11.7. The molecule has 1 aliphatic carbocycles. The Morgan fingerprint density at radius 2 is 2.16 bits per heavy atom. The summed E-state index contributed by atoms with van der Waals surface area (Å²) in [6.45, 7) is 3.14. The molecule has 1 aliphatic heterocycles. The molecule has 0 aromatic carbocycles. The van der Waals surface area contributed by atoms with Gasteiger partial charge in [0.25, 0.3) is 0 Å². The summed E-state index contributed by atoms with van der Waals surface area (Å²) in [4.78, 5) is 9.58. The van der Waals surface area contributed by atoms with Gasteiger partial charge >= 0.3 is 0 Å². The van der Waals surface area contributed by atoms with Crippen molar-refractivity contribution in [1.82, 2.24) is 9.97 Å². The van der Waals surface area contributed by atoms with Crippen LogP contribution in [0, 0.1) is 0 Å². The Kier molecular flexibility index (Phi) is 3.67. The van der Waals surface area contributed by atoms with E-state index in [1.54, 1.807) is 7.11 Å². The van der Waals surface area contributed by atoms with Gasteiger partial charge in [0.15, 0.2) is 5.82 Å². The maximum absolute atomic E-state index is 5.72. The molecule has 1 N–H and O–H groups in total. The Bertz CT molecular complexity index is 468. The number of ether oxygens (including phenoxy) is 1. The Morgan fingerprint density at radius 3 is 2.79 bits per heavy atom. The third-order valence-electron chi connectivity index (χ3n) is 4.08. The maximum atomic E-state index is 5.72. The number of methoxy groups -OCH3 is 1. The van der Waals surface area contributed by atoms with Crippen LogP contribution >= 0.6 is 11.8 Å². The van der Waals surface area contributed by atoms with Crippen LogP contribution in [0.1, 0.15) is 49.7 Å². The van der Waals surface area contributed by atoms with Crippen LogP contribution in [0.5, 0.6) is 0 Å². The van der Waals surface area contributed by atoms with Crippen LogP contribution in [0.4, 0.5) is 5.82 Å². The van der Waals surface area contributed by atoms with Crippen molar-refractivity contribution in [3.63, 3.8) is 0 Å². The summed E-state index contributed by atoms with van der Waals surface area (Å²) in [6.07, 6.45) is 4.41. The number of nitrogens with zero attached hydrogens (tertiary/aromatic N) is 2. The molecule has 2 heterocycles. The van der Waals surface area contributed by atoms with E-state index in [1.165, 1.54) is 17.7 Å². The van der Waals surface area contributed by atoms with Gasteiger partial charge in [-0.2, -0.15) is 11.8 Å². The van der Waals surface area contributed by atoms with Gasteiger partial charge in [-0.25, -0.2) is 9.97 Å². The standard InChI is InChI=1S/C14H21N3OS/c1-3-7-15-12-10-8-19-9-11(10)16-13(17-12)14(18-2)5-4-6-14/h3-9H2,1-2H3,(H,15,16,17). The summed E-state index contributed by atoms with van der Waals surface area (Å²) in [5, 5.41) is 3.46. The van der Waals surface area contributed by atoms with Gasteiger partial charge in [-0.1, -0.05) is 6.92 Å². The van der Waals surface area contributed by atoms with Crippen molar-refractivity contribution in [2.75, 3.05) is 19.0 Å². The molecule has 104 valence electrons. The van der Waals surface area contributed by atoms with E-state index in [-0.39, 0.29) is 5.60 Å². The predicted molar refractivity (Wildman–Crippen MR) is 78.3 cm³/mol. The summed E-state index contributed by atoms with van der Waals surface area (Å²) in [5.41, 5.74) is 2.29. The van der Waals surface area contributed by atoms with Crippen LogP contribution in [0.3, 0.4) is 0 Å². The van der Waals surface area contributed by atoms with Crippen LogP contribution in [0.25, 0.3) is 0 Å². The average molecular weight is 279 g/mol. The molecule has 0 unspecified atom stereocenters. The number of rotatable bonds is 5. The molecule has 4 nitrogen and oxygen atoms in total. The van der Waals surface area contributed by atoms with Crippen molar-refractivity contribution in [2.24, 2.45) is 0 Å². The maximum Gasteiger partial charge on any atom is 0.162 e. The summed E-state index contributed by atoms with van der Waals surface area (Å²) < 4.78 is 5.72. The van der Waals surface area contributed by atoms with E-state index in [0.717, 1.165) is 49.0 Å². The number of anilines is 1. The second-order valence-corrected chi connectivity index (χ2v) is 6.28. The summed E-state index contributed by atoms with van der Waals surface area (Å²) in [7, 11) is 1.78. The first kappa shape index (κ1) is 13.2. The molecule has 1 fully saturated rings. The minimum Gasteiger partial charge on any atom is -0.370 e. The fourth-order valence-corrected chi connectivity index (χ4v) is 3.70.